The SMILES string of the molecule is COc1cc(/C=C/C(=O)OC(C)C(=O)Nc2nc(-c3ccc(F)c(F)c3)cs2)ccc1O. The number of rotatable bonds is 7. The van der Waals surface area contributed by atoms with Crippen LogP contribution in [0.5, 0.6) is 11.5 Å². The zero-order chi connectivity index (χ0) is 23.3. The quantitative estimate of drug-likeness (QED) is 0.401. The highest BCUT2D eigenvalue weighted by atomic mass is 32.1. The lowest BCUT2D eigenvalue weighted by Crippen LogP contribution is -2.29. The summed E-state index contributed by atoms with van der Waals surface area (Å²) in [6.07, 6.45) is 1.47. The fourth-order valence-electron chi connectivity index (χ4n) is 2.56. The van der Waals surface area contributed by atoms with Crippen molar-refractivity contribution in [3.63, 3.8) is 0 Å². The summed E-state index contributed by atoms with van der Waals surface area (Å²) in [5.41, 5.74) is 1.30. The maximum atomic E-state index is 13.4. The van der Waals surface area contributed by atoms with Crippen LogP contribution in [0.15, 0.2) is 47.9 Å². The lowest BCUT2D eigenvalue weighted by molar-refractivity contribution is -0.148. The summed E-state index contributed by atoms with van der Waals surface area (Å²) in [5, 5.41) is 13.9. The molecule has 0 saturated heterocycles. The van der Waals surface area contributed by atoms with Crippen LogP contribution in [0.25, 0.3) is 17.3 Å². The van der Waals surface area contributed by atoms with E-state index in [4.69, 9.17) is 9.47 Å². The van der Waals surface area contributed by atoms with Crippen LogP contribution in [0.4, 0.5) is 13.9 Å². The highest BCUT2D eigenvalue weighted by Crippen LogP contribution is 2.27. The van der Waals surface area contributed by atoms with Gasteiger partial charge in [-0.15, -0.1) is 11.3 Å². The molecular weight excluding hydrogens is 442 g/mol. The van der Waals surface area contributed by atoms with E-state index in [1.165, 1.54) is 38.3 Å². The molecule has 166 valence electrons. The molecule has 0 spiro atoms. The number of nitrogens with zero attached hydrogens (tertiary/aromatic N) is 1. The van der Waals surface area contributed by atoms with Gasteiger partial charge in [0.05, 0.1) is 12.8 Å². The number of amides is 1. The van der Waals surface area contributed by atoms with Gasteiger partial charge in [-0.2, -0.15) is 0 Å². The van der Waals surface area contributed by atoms with E-state index in [1.807, 2.05) is 0 Å². The number of ether oxygens (including phenoxy) is 2. The largest absolute Gasteiger partial charge is 0.504 e. The summed E-state index contributed by atoms with van der Waals surface area (Å²) in [4.78, 5) is 28.5. The number of thiazole rings is 1. The Hall–Kier alpha value is -3.79. The van der Waals surface area contributed by atoms with Crippen LogP contribution < -0.4 is 10.1 Å². The van der Waals surface area contributed by atoms with Gasteiger partial charge in [0.2, 0.25) is 0 Å². The molecule has 0 radical (unpaired) electrons. The number of benzene rings is 2. The summed E-state index contributed by atoms with van der Waals surface area (Å²) in [6, 6.07) is 7.90. The number of nitrogens with one attached hydrogen (secondary N) is 1. The number of methoxy groups -OCH3 is 1. The Labute approximate surface area is 185 Å². The maximum Gasteiger partial charge on any atom is 0.331 e. The first kappa shape index (κ1) is 22.9. The predicted octanol–water partition coefficient (Wildman–Crippen LogP) is 4.39. The molecule has 32 heavy (non-hydrogen) atoms. The molecule has 1 heterocycles. The van der Waals surface area contributed by atoms with E-state index >= 15 is 0 Å². The molecule has 0 aliphatic rings. The van der Waals surface area contributed by atoms with Crippen molar-refractivity contribution in [3.05, 3.63) is 65.1 Å². The Bertz CT molecular complexity index is 1180. The van der Waals surface area contributed by atoms with Gasteiger partial charge in [-0.1, -0.05) is 6.07 Å². The Morgan fingerprint density at radius 1 is 1.19 bits per heavy atom. The second-order valence-electron chi connectivity index (χ2n) is 6.50. The van der Waals surface area contributed by atoms with Gasteiger partial charge in [-0.3, -0.25) is 10.1 Å². The molecule has 3 rings (SSSR count). The topological polar surface area (TPSA) is 97.8 Å². The van der Waals surface area contributed by atoms with Gasteiger partial charge in [-0.05, 0) is 48.9 Å². The molecule has 2 aromatic carbocycles. The normalized spacial score (nSPS) is 11.9. The van der Waals surface area contributed by atoms with Crippen molar-refractivity contribution >= 4 is 34.4 Å². The number of halogens is 2. The van der Waals surface area contributed by atoms with Crippen LogP contribution in [-0.4, -0.2) is 35.2 Å². The number of esters is 1. The molecule has 3 aromatic rings. The Morgan fingerprint density at radius 3 is 2.69 bits per heavy atom. The van der Waals surface area contributed by atoms with E-state index in [0.717, 1.165) is 29.5 Å². The zero-order valence-corrected chi connectivity index (χ0v) is 17.8. The van der Waals surface area contributed by atoms with Crippen molar-refractivity contribution in [1.29, 1.82) is 0 Å². The van der Waals surface area contributed by atoms with Crippen molar-refractivity contribution in [2.24, 2.45) is 0 Å². The van der Waals surface area contributed by atoms with E-state index in [-0.39, 0.29) is 16.6 Å². The fourth-order valence-corrected chi connectivity index (χ4v) is 3.28. The van der Waals surface area contributed by atoms with Gasteiger partial charge in [0, 0.05) is 17.0 Å². The average molecular weight is 460 g/mol. The number of hydrogen-bond donors (Lipinski definition) is 2. The number of carbonyl (C=O) groups is 2. The molecule has 0 bridgehead atoms. The number of anilines is 1. The van der Waals surface area contributed by atoms with E-state index in [0.29, 0.717) is 16.8 Å². The third-order valence-electron chi connectivity index (χ3n) is 4.23. The number of phenolic OH excluding ortho intramolecular Hbond substituents is 1. The summed E-state index contributed by atoms with van der Waals surface area (Å²) in [7, 11) is 1.40. The van der Waals surface area contributed by atoms with Crippen molar-refractivity contribution in [1.82, 2.24) is 4.98 Å². The van der Waals surface area contributed by atoms with Gasteiger partial charge in [-0.25, -0.2) is 18.6 Å². The Balaban J connectivity index is 1.57. The maximum absolute atomic E-state index is 13.4. The fraction of sp³-hybridized carbons (Fsp3) is 0.136. The zero-order valence-electron chi connectivity index (χ0n) is 17.0. The van der Waals surface area contributed by atoms with Crippen molar-refractivity contribution < 1.29 is 33.0 Å². The minimum Gasteiger partial charge on any atom is -0.504 e. The van der Waals surface area contributed by atoms with Crippen molar-refractivity contribution in [3.8, 4) is 22.8 Å². The minimum atomic E-state index is -1.11. The summed E-state index contributed by atoms with van der Waals surface area (Å²) < 4.78 is 36.5. The predicted molar refractivity (Wildman–Crippen MR) is 115 cm³/mol. The molecule has 7 nitrogen and oxygen atoms in total. The summed E-state index contributed by atoms with van der Waals surface area (Å²) in [5.74, 6) is -3.11. The number of aromatic nitrogens is 1. The highest BCUT2D eigenvalue weighted by molar-refractivity contribution is 7.14. The molecular formula is C22H18F2N2O5S. The number of hydrogen-bond acceptors (Lipinski definition) is 7. The first-order valence-corrected chi connectivity index (χ1v) is 10.1. The molecule has 0 fully saturated rings. The van der Waals surface area contributed by atoms with Crippen molar-refractivity contribution in [2.45, 2.75) is 13.0 Å². The monoisotopic (exact) mass is 460 g/mol. The van der Waals surface area contributed by atoms with Crippen LogP contribution in [0, 0.1) is 11.6 Å². The third-order valence-corrected chi connectivity index (χ3v) is 4.99. The smallest absolute Gasteiger partial charge is 0.331 e. The van der Waals surface area contributed by atoms with E-state index in [1.54, 1.807) is 11.4 Å². The van der Waals surface area contributed by atoms with Gasteiger partial charge >= 0.3 is 5.97 Å². The molecule has 10 heteroatoms. The summed E-state index contributed by atoms with van der Waals surface area (Å²) >= 11 is 1.09. The molecule has 0 aliphatic heterocycles. The second-order valence-corrected chi connectivity index (χ2v) is 7.36. The van der Waals surface area contributed by atoms with Gasteiger partial charge < -0.3 is 14.6 Å². The molecule has 1 aromatic heterocycles. The average Bonchev–Trinajstić information content (AvgIpc) is 3.23. The number of carbonyl (C=O) groups excluding carboxylic acids is 2. The van der Waals surface area contributed by atoms with Crippen LogP contribution in [0.3, 0.4) is 0 Å². The van der Waals surface area contributed by atoms with Gasteiger partial charge in [0.25, 0.3) is 5.91 Å². The van der Waals surface area contributed by atoms with Crippen molar-refractivity contribution in [2.75, 3.05) is 12.4 Å². The van der Waals surface area contributed by atoms with Gasteiger partial charge in [0.1, 0.15) is 0 Å². The lowest BCUT2D eigenvalue weighted by atomic mass is 10.2. The van der Waals surface area contributed by atoms with Crippen LogP contribution in [0.2, 0.25) is 0 Å². The minimum absolute atomic E-state index is 0.0348. The van der Waals surface area contributed by atoms with Crippen LogP contribution in [0.1, 0.15) is 12.5 Å². The van der Waals surface area contributed by atoms with E-state index in [9.17, 15) is 23.5 Å². The van der Waals surface area contributed by atoms with E-state index in [2.05, 4.69) is 10.3 Å². The van der Waals surface area contributed by atoms with Crippen LogP contribution in [-0.2, 0) is 14.3 Å². The van der Waals surface area contributed by atoms with Crippen LogP contribution >= 0.6 is 11.3 Å². The molecule has 1 atom stereocenters. The van der Waals surface area contributed by atoms with Gasteiger partial charge in [0.15, 0.2) is 34.4 Å². The first-order valence-electron chi connectivity index (χ1n) is 9.24. The molecule has 0 aliphatic carbocycles. The third kappa shape index (κ3) is 5.67. The standard InChI is InChI=1S/C22H18F2N2O5S/c1-12(31-20(28)8-4-13-3-7-18(27)19(9-13)30-2)21(29)26-22-25-17(11-32-22)14-5-6-15(23)16(24)10-14/h3-12,27H,1-2H3,(H,25,26,29)/b8-4+. The molecule has 1 unspecified atom stereocenters. The summed E-state index contributed by atoms with van der Waals surface area (Å²) in [6.45, 7) is 1.40. The van der Waals surface area contributed by atoms with E-state index < -0.39 is 29.6 Å². The first-order chi connectivity index (χ1) is 15.3. The Kier molecular flexibility index (Phi) is 7.16. The molecule has 2 N–H and O–H groups in total. The second kappa shape index (κ2) is 10.0. The Morgan fingerprint density at radius 2 is 1.97 bits per heavy atom. The highest BCUT2D eigenvalue weighted by Gasteiger charge is 2.18. The number of aromatic hydroxyl groups is 1. The molecule has 1 amide bonds. The molecule has 0 saturated carbocycles. The lowest BCUT2D eigenvalue weighted by Gasteiger charge is -2.10. The number of phenols is 1.